The van der Waals surface area contributed by atoms with Gasteiger partial charge in [0.15, 0.2) is 5.82 Å². The Morgan fingerprint density at radius 3 is 2.93 bits per heavy atom. The fourth-order valence-electron chi connectivity index (χ4n) is 2.19. The second kappa shape index (κ2) is 3.02. The molecule has 3 rings (SSSR count). The number of fused-ring (bicyclic) bond motifs is 3. The van der Waals surface area contributed by atoms with Crippen molar-refractivity contribution in [3.05, 3.63) is 29.6 Å². The van der Waals surface area contributed by atoms with Crippen molar-refractivity contribution in [3.8, 4) is 0 Å². The van der Waals surface area contributed by atoms with Gasteiger partial charge in [0.25, 0.3) is 0 Å². The second-order valence-electron chi connectivity index (χ2n) is 3.89. The van der Waals surface area contributed by atoms with Gasteiger partial charge in [-0.2, -0.15) is 0 Å². The van der Waals surface area contributed by atoms with Gasteiger partial charge in [0.1, 0.15) is 17.2 Å². The Balaban J connectivity index is 2.37. The van der Waals surface area contributed by atoms with Crippen LogP contribution in [0.15, 0.2) is 12.1 Å². The van der Waals surface area contributed by atoms with E-state index in [-0.39, 0.29) is 0 Å². The normalized spacial score (nSPS) is 15.6. The minimum atomic E-state index is -0.563. The summed E-state index contributed by atoms with van der Waals surface area (Å²) in [5, 5.41) is 0. The third kappa shape index (κ3) is 1.24. The van der Waals surface area contributed by atoms with E-state index < -0.39 is 11.6 Å². The van der Waals surface area contributed by atoms with E-state index >= 15 is 0 Å². The van der Waals surface area contributed by atoms with Crippen molar-refractivity contribution in [1.82, 2.24) is 9.55 Å². The summed E-state index contributed by atoms with van der Waals surface area (Å²) >= 11 is 0. The van der Waals surface area contributed by atoms with E-state index in [0.717, 1.165) is 37.7 Å². The molecule has 0 unspecified atom stereocenters. The lowest BCUT2D eigenvalue weighted by molar-refractivity contribution is 0.532. The van der Waals surface area contributed by atoms with Crippen LogP contribution in [-0.4, -0.2) is 9.55 Å². The highest BCUT2D eigenvalue weighted by molar-refractivity contribution is 5.77. The lowest BCUT2D eigenvalue weighted by Gasteiger charge is -2.13. The zero-order valence-electron chi connectivity index (χ0n) is 8.13. The van der Waals surface area contributed by atoms with E-state index in [1.54, 1.807) is 0 Å². The van der Waals surface area contributed by atoms with Crippen molar-refractivity contribution in [2.45, 2.75) is 25.8 Å². The van der Waals surface area contributed by atoms with Crippen molar-refractivity contribution in [1.29, 1.82) is 0 Å². The Labute approximate surface area is 85.5 Å². The van der Waals surface area contributed by atoms with Gasteiger partial charge in [0, 0.05) is 19.0 Å². The first-order valence-electron chi connectivity index (χ1n) is 5.10. The van der Waals surface area contributed by atoms with E-state index in [1.807, 2.05) is 4.57 Å². The maximum Gasteiger partial charge on any atom is 0.153 e. The van der Waals surface area contributed by atoms with Crippen LogP contribution >= 0.6 is 0 Å². The Bertz CT molecular complexity index is 531. The molecule has 15 heavy (non-hydrogen) atoms. The number of hydrogen-bond acceptors (Lipinski definition) is 1. The van der Waals surface area contributed by atoms with Gasteiger partial charge in [-0.1, -0.05) is 0 Å². The highest BCUT2D eigenvalue weighted by atomic mass is 19.1. The van der Waals surface area contributed by atoms with E-state index in [1.165, 1.54) is 6.07 Å². The number of aromatic nitrogens is 2. The van der Waals surface area contributed by atoms with Crippen molar-refractivity contribution in [2.75, 3.05) is 0 Å². The molecule has 0 atom stereocenters. The molecule has 0 saturated carbocycles. The molecular weight excluding hydrogens is 198 g/mol. The molecule has 0 bridgehead atoms. The van der Waals surface area contributed by atoms with Crippen LogP contribution in [0, 0.1) is 11.6 Å². The topological polar surface area (TPSA) is 17.8 Å². The van der Waals surface area contributed by atoms with Gasteiger partial charge in [-0.15, -0.1) is 0 Å². The highest BCUT2D eigenvalue weighted by Gasteiger charge is 2.17. The molecule has 0 amide bonds. The fraction of sp³-hybridized carbons (Fsp3) is 0.364. The number of imidazole rings is 1. The van der Waals surface area contributed by atoms with Crippen LogP contribution in [0.4, 0.5) is 8.78 Å². The summed E-state index contributed by atoms with van der Waals surface area (Å²) in [6.07, 6.45) is 2.99. The van der Waals surface area contributed by atoms with Crippen LogP contribution in [-0.2, 0) is 13.0 Å². The van der Waals surface area contributed by atoms with Gasteiger partial charge in [-0.3, -0.25) is 0 Å². The van der Waals surface area contributed by atoms with Crippen molar-refractivity contribution < 1.29 is 8.78 Å². The van der Waals surface area contributed by atoms with E-state index in [9.17, 15) is 8.78 Å². The zero-order valence-corrected chi connectivity index (χ0v) is 8.13. The Morgan fingerprint density at radius 1 is 1.20 bits per heavy atom. The van der Waals surface area contributed by atoms with Crippen LogP contribution in [0.25, 0.3) is 11.0 Å². The lowest BCUT2D eigenvalue weighted by Crippen LogP contribution is -2.09. The van der Waals surface area contributed by atoms with Gasteiger partial charge in [-0.25, -0.2) is 13.8 Å². The number of hydrogen-bond donors (Lipinski definition) is 0. The van der Waals surface area contributed by atoms with Crippen LogP contribution in [0.5, 0.6) is 0 Å². The van der Waals surface area contributed by atoms with E-state index in [4.69, 9.17) is 0 Å². The summed E-state index contributed by atoms with van der Waals surface area (Å²) in [5.74, 6) is -0.221. The summed E-state index contributed by atoms with van der Waals surface area (Å²) in [6.45, 7) is 0.814. The summed E-state index contributed by atoms with van der Waals surface area (Å²) in [5.41, 5.74) is 0.885. The van der Waals surface area contributed by atoms with Crippen molar-refractivity contribution in [2.24, 2.45) is 0 Å². The van der Waals surface area contributed by atoms with Crippen LogP contribution in [0.1, 0.15) is 18.7 Å². The molecule has 0 N–H and O–H groups in total. The minimum Gasteiger partial charge on any atom is -0.328 e. The molecule has 4 heteroatoms. The third-order valence-electron chi connectivity index (χ3n) is 2.88. The molecule has 1 aromatic carbocycles. The molecule has 1 aromatic heterocycles. The molecule has 2 aromatic rings. The molecule has 2 heterocycles. The van der Waals surface area contributed by atoms with Crippen molar-refractivity contribution >= 4 is 11.0 Å². The maximum atomic E-state index is 13.4. The smallest absolute Gasteiger partial charge is 0.153 e. The predicted octanol–water partition coefficient (Wildman–Crippen LogP) is 2.65. The zero-order chi connectivity index (χ0) is 10.4. The van der Waals surface area contributed by atoms with Gasteiger partial charge < -0.3 is 4.57 Å². The first-order chi connectivity index (χ1) is 7.25. The number of rotatable bonds is 0. The Hall–Kier alpha value is -1.45. The molecule has 0 saturated heterocycles. The van der Waals surface area contributed by atoms with Gasteiger partial charge >= 0.3 is 0 Å². The first kappa shape index (κ1) is 8.83. The minimum absolute atomic E-state index is 0.299. The van der Waals surface area contributed by atoms with Gasteiger partial charge in [0.05, 0.1) is 5.52 Å². The Morgan fingerprint density at radius 2 is 2.07 bits per heavy atom. The molecule has 0 radical (unpaired) electrons. The van der Waals surface area contributed by atoms with Crippen LogP contribution < -0.4 is 0 Å². The van der Waals surface area contributed by atoms with Crippen LogP contribution in [0.3, 0.4) is 0 Å². The quantitative estimate of drug-likeness (QED) is 0.650. The number of aryl methyl sites for hydroxylation is 2. The lowest BCUT2D eigenvalue weighted by atomic mass is 10.2. The van der Waals surface area contributed by atoms with Crippen LogP contribution in [0.2, 0.25) is 0 Å². The maximum absolute atomic E-state index is 13.4. The van der Waals surface area contributed by atoms with Gasteiger partial charge in [-0.05, 0) is 18.9 Å². The second-order valence-corrected chi connectivity index (χ2v) is 3.89. The molecule has 0 spiro atoms. The third-order valence-corrected chi connectivity index (χ3v) is 2.88. The summed E-state index contributed by atoms with van der Waals surface area (Å²) in [4.78, 5) is 4.22. The standard InChI is InChI=1S/C11H10F2N2/c12-7-5-8(13)11-9(6-7)15-4-2-1-3-10(15)14-11/h5-6H,1-4H2. The summed E-state index contributed by atoms with van der Waals surface area (Å²) in [6, 6.07) is 2.25. The average molecular weight is 208 g/mol. The largest absolute Gasteiger partial charge is 0.328 e. The molecule has 0 fully saturated rings. The number of nitrogens with zero attached hydrogens (tertiary/aromatic N) is 2. The summed E-state index contributed by atoms with van der Waals surface area (Å²) in [7, 11) is 0. The molecular formula is C11H10F2N2. The average Bonchev–Trinajstić information content (AvgIpc) is 2.57. The molecule has 1 aliphatic rings. The molecule has 78 valence electrons. The van der Waals surface area contributed by atoms with E-state index in [2.05, 4.69) is 4.98 Å². The number of benzene rings is 1. The predicted molar refractivity (Wildman–Crippen MR) is 52.6 cm³/mol. The molecule has 2 nitrogen and oxygen atoms in total. The summed E-state index contributed by atoms with van der Waals surface area (Å²) < 4.78 is 28.4. The fourth-order valence-corrected chi connectivity index (χ4v) is 2.19. The SMILES string of the molecule is Fc1cc(F)c2nc3n(c2c1)CCCC3. The van der Waals surface area contributed by atoms with Crippen molar-refractivity contribution in [3.63, 3.8) is 0 Å². The monoisotopic (exact) mass is 208 g/mol. The highest BCUT2D eigenvalue weighted by Crippen LogP contribution is 2.24. The van der Waals surface area contributed by atoms with Gasteiger partial charge in [0.2, 0.25) is 0 Å². The number of halogens is 2. The first-order valence-corrected chi connectivity index (χ1v) is 5.10. The Kier molecular flexibility index (Phi) is 1.78. The van der Waals surface area contributed by atoms with E-state index in [0.29, 0.717) is 11.0 Å². The molecule has 0 aliphatic carbocycles. The molecule has 1 aliphatic heterocycles.